The molecule has 0 fully saturated rings. The Kier molecular flexibility index (Phi) is 5.25. The van der Waals surface area contributed by atoms with Crippen molar-refractivity contribution in [2.24, 2.45) is 0 Å². The summed E-state index contributed by atoms with van der Waals surface area (Å²) in [7, 11) is -0.0993. The van der Waals surface area contributed by atoms with Crippen molar-refractivity contribution in [3.05, 3.63) is 22.8 Å². The first kappa shape index (κ1) is 16.4. The van der Waals surface area contributed by atoms with Crippen molar-refractivity contribution in [1.82, 2.24) is 0 Å². The minimum Gasteiger partial charge on any atom is -0.0759 e. The third-order valence-electron chi connectivity index (χ3n) is 3.84. The van der Waals surface area contributed by atoms with Crippen LogP contribution in [-0.2, 0) is 0 Å². The standard InChI is InChI=1S/C16H30P2/c1-15(2,3)17(7)13-11-9-10-12-14(13)18(8)16(4,5)6/h11-12H,9-10H2,1-8H3. The molecule has 104 valence electrons. The largest absolute Gasteiger partial charge is 0.0759 e. The lowest BCUT2D eigenvalue weighted by Gasteiger charge is -2.38. The molecule has 2 atom stereocenters. The Morgan fingerprint density at radius 2 is 1.00 bits per heavy atom. The topological polar surface area (TPSA) is 0 Å². The summed E-state index contributed by atoms with van der Waals surface area (Å²) in [6.07, 6.45) is 7.57. The van der Waals surface area contributed by atoms with Gasteiger partial charge in [0.2, 0.25) is 0 Å². The molecule has 2 unspecified atom stereocenters. The molecule has 18 heavy (non-hydrogen) atoms. The van der Waals surface area contributed by atoms with E-state index in [9.17, 15) is 0 Å². The van der Waals surface area contributed by atoms with Crippen molar-refractivity contribution in [2.75, 3.05) is 13.3 Å². The Morgan fingerprint density at radius 1 is 0.722 bits per heavy atom. The molecule has 0 aromatic rings. The summed E-state index contributed by atoms with van der Waals surface area (Å²) in [5.74, 6) is 0. The van der Waals surface area contributed by atoms with Gasteiger partial charge in [-0.05, 0) is 47.1 Å². The van der Waals surface area contributed by atoms with Crippen molar-refractivity contribution in [3.63, 3.8) is 0 Å². The molecule has 0 bridgehead atoms. The van der Waals surface area contributed by atoms with Crippen LogP contribution in [0.2, 0.25) is 0 Å². The van der Waals surface area contributed by atoms with Gasteiger partial charge in [0.25, 0.3) is 0 Å². The summed E-state index contributed by atoms with van der Waals surface area (Å²) in [5.41, 5.74) is 0. The van der Waals surface area contributed by atoms with E-state index in [0.717, 1.165) is 0 Å². The van der Waals surface area contributed by atoms with E-state index in [1.165, 1.54) is 12.8 Å². The van der Waals surface area contributed by atoms with Crippen molar-refractivity contribution in [1.29, 1.82) is 0 Å². The van der Waals surface area contributed by atoms with Crippen LogP contribution in [0, 0.1) is 0 Å². The zero-order chi connectivity index (χ0) is 14.1. The maximum atomic E-state index is 2.54. The Labute approximate surface area is 117 Å². The van der Waals surface area contributed by atoms with Crippen LogP contribution in [0.3, 0.4) is 0 Å². The first-order valence-electron chi connectivity index (χ1n) is 6.93. The highest BCUT2D eigenvalue weighted by Gasteiger charge is 2.31. The Morgan fingerprint density at radius 3 is 1.22 bits per heavy atom. The summed E-state index contributed by atoms with van der Waals surface area (Å²) >= 11 is 0. The van der Waals surface area contributed by atoms with E-state index in [1.54, 1.807) is 10.6 Å². The van der Waals surface area contributed by atoms with E-state index >= 15 is 0 Å². The second-order valence-electron chi connectivity index (χ2n) is 7.22. The summed E-state index contributed by atoms with van der Waals surface area (Å²) in [5, 5.41) is 4.25. The summed E-state index contributed by atoms with van der Waals surface area (Å²) in [4.78, 5) is 0. The second kappa shape index (κ2) is 5.76. The zero-order valence-corrected chi connectivity index (χ0v) is 15.3. The fourth-order valence-corrected chi connectivity index (χ4v) is 6.01. The van der Waals surface area contributed by atoms with Crippen molar-refractivity contribution in [2.45, 2.75) is 64.7 Å². The average molecular weight is 284 g/mol. The molecule has 2 heteroatoms. The van der Waals surface area contributed by atoms with Crippen LogP contribution in [0.25, 0.3) is 0 Å². The molecule has 0 nitrogen and oxygen atoms in total. The summed E-state index contributed by atoms with van der Waals surface area (Å²) < 4.78 is 0. The van der Waals surface area contributed by atoms with Gasteiger partial charge in [0.15, 0.2) is 0 Å². The van der Waals surface area contributed by atoms with Gasteiger partial charge in [-0.1, -0.05) is 69.5 Å². The molecular weight excluding hydrogens is 254 g/mol. The molecule has 0 radical (unpaired) electrons. The highest BCUT2D eigenvalue weighted by Crippen LogP contribution is 2.65. The van der Waals surface area contributed by atoms with Gasteiger partial charge in [-0.3, -0.25) is 0 Å². The van der Waals surface area contributed by atoms with Crippen molar-refractivity contribution in [3.8, 4) is 0 Å². The minimum atomic E-state index is -0.0497. The van der Waals surface area contributed by atoms with E-state index in [4.69, 9.17) is 0 Å². The molecule has 0 heterocycles. The molecule has 0 saturated heterocycles. The van der Waals surface area contributed by atoms with E-state index in [1.807, 2.05) is 0 Å². The molecule has 1 rings (SSSR count). The SMILES string of the molecule is CP(C1=CCCC=C1P(C)C(C)(C)C)C(C)(C)C. The summed E-state index contributed by atoms with van der Waals surface area (Å²) in [6.45, 7) is 19.3. The van der Waals surface area contributed by atoms with E-state index in [-0.39, 0.29) is 15.8 Å². The van der Waals surface area contributed by atoms with Gasteiger partial charge < -0.3 is 0 Å². The molecule has 0 saturated carbocycles. The van der Waals surface area contributed by atoms with Gasteiger partial charge in [-0.25, -0.2) is 0 Å². The Bertz CT molecular complexity index is 314. The van der Waals surface area contributed by atoms with Crippen LogP contribution in [-0.4, -0.2) is 23.6 Å². The quantitative estimate of drug-likeness (QED) is 0.517. The molecule has 0 spiro atoms. The Hall–Kier alpha value is 0.340. The lowest BCUT2D eigenvalue weighted by molar-refractivity contribution is 0.784. The zero-order valence-electron chi connectivity index (χ0n) is 13.5. The number of hydrogen-bond acceptors (Lipinski definition) is 0. The molecule has 1 aliphatic rings. The smallest absolute Gasteiger partial charge is 0.0142 e. The first-order valence-corrected chi connectivity index (χ1v) is 10.5. The van der Waals surface area contributed by atoms with Crippen molar-refractivity contribution >= 4 is 15.8 Å². The van der Waals surface area contributed by atoms with Crippen LogP contribution in [0.4, 0.5) is 0 Å². The van der Waals surface area contributed by atoms with E-state index < -0.39 is 0 Å². The van der Waals surface area contributed by atoms with Gasteiger partial charge in [0.1, 0.15) is 0 Å². The second-order valence-corrected chi connectivity index (χ2v) is 13.1. The average Bonchev–Trinajstić information content (AvgIpc) is 2.24. The number of allylic oxidation sites excluding steroid dienone is 4. The number of rotatable bonds is 2. The molecule has 1 aliphatic carbocycles. The molecule has 0 aliphatic heterocycles. The van der Waals surface area contributed by atoms with Crippen LogP contribution in [0.1, 0.15) is 54.4 Å². The van der Waals surface area contributed by atoms with Crippen LogP contribution < -0.4 is 0 Å². The lowest BCUT2D eigenvalue weighted by Crippen LogP contribution is -2.16. The van der Waals surface area contributed by atoms with Crippen LogP contribution in [0.5, 0.6) is 0 Å². The van der Waals surface area contributed by atoms with Crippen LogP contribution in [0.15, 0.2) is 22.8 Å². The monoisotopic (exact) mass is 284 g/mol. The third kappa shape index (κ3) is 3.91. The van der Waals surface area contributed by atoms with Crippen molar-refractivity contribution < 1.29 is 0 Å². The van der Waals surface area contributed by atoms with Gasteiger partial charge in [-0.15, -0.1) is 0 Å². The molecule has 0 N–H and O–H groups in total. The Balaban J connectivity index is 3.04. The molecular formula is C16H30P2. The molecule has 0 aromatic carbocycles. The summed E-state index contributed by atoms with van der Waals surface area (Å²) in [6, 6.07) is 0. The predicted molar refractivity (Wildman–Crippen MR) is 90.6 cm³/mol. The normalized spacial score (nSPS) is 21.1. The predicted octanol–water partition coefficient (Wildman–Crippen LogP) is 6.37. The molecule has 0 aromatic heterocycles. The van der Waals surface area contributed by atoms with Gasteiger partial charge in [0.05, 0.1) is 0 Å². The minimum absolute atomic E-state index is 0.0497. The van der Waals surface area contributed by atoms with Crippen LogP contribution >= 0.6 is 15.8 Å². The van der Waals surface area contributed by atoms with Gasteiger partial charge in [-0.2, -0.15) is 0 Å². The highest BCUT2D eigenvalue weighted by molar-refractivity contribution is 7.68. The van der Waals surface area contributed by atoms with Gasteiger partial charge in [0, 0.05) is 0 Å². The van der Waals surface area contributed by atoms with E-state index in [0.29, 0.717) is 10.3 Å². The fraction of sp³-hybridized carbons (Fsp3) is 0.750. The maximum absolute atomic E-state index is 2.54. The van der Waals surface area contributed by atoms with Gasteiger partial charge >= 0.3 is 0 Å². The fourth-order valence-electron chi connectivity index (χ4n) is 1.99. The number of hydrogen-bond donors (Lipinski definition) is 0. The molecule has 0 amide bonds. The maximum Gasteiger partial charge on any atom is -0.0142 e. The lowest BCUT2D eigenvalue weighted by atomic mass is 10.2. The first-order chi connectivity index (χ1) is 8.05. The van der Waals surface area contributed by atoms with E-state index in [2.05, 4.69) is 67.0 Å². The third-order valence-corrected chi connectivity index (χ3v) is 10.3. The highest BCUT2D eigenvalue weighted by atomic mass is 31.1.